The molecule has 0 saturated heterocycles. The second-order valence-electron chi connectivity index (χ2n) is 3.73. The maximum absolute atomic E-state index is 11.4. The Morgan fingerprint density at radius 2 is 2.00 bits per heavy atom. The van der Waals surface area contributed by atoms with E-state index in [4.69, 9.17) is 9.47 Å². The maximum atomic E-state index is 11.4. The van der Waals surface area contributed by atoms with Gasteiger partial charge in [-0.3, -0.25) is 0 Å². The smallest absolute Gasteiger partial charge is 0.347 e. The minimum absolute atomic E-state index is 0.324. The average molecular weight is 238 g/mol. The van der Waals surface area contributed by atoms with Crippen molar-refractivity contribution in [2.24, 2.45) is 0 Å². The maximum Gasteiger partial charge on any atom is 0.347 e. The fourth-order valence-corrected chi connectivity index (χ4v) is 1.43. The molecule has 0 heterocycles. The lowest BCUT2D eigenvalue weighted by Gasteiger charge is -2.17. The van der Waals surface area contributed by atoms with Crippen LogP contribution in [0.3, 0.4) is 0 Å². The number of carbonyl (C=O) groups is 1. The summed E-state index contributed by atoms with van der Waals surface area (Å²) < 4.78 is 10.3. The van der Waals surface area contributed by atoms with Crippen molar-refractivity contribution in [2.45, 2.75) is 33.0 Å². The summed E-state index contributed by atoms with van der Waals surface area (Å²) in [6.45, 7) is 5.34. The van der Waals surface area contributed by atoms with Crippen molar-refractivity contribution in [1.82, 2.24) is 0 Å². The number of hydrogen-bond donors (Lipinski definition) is 1. The molecule has 0 aliphatic carbocycles. The molecule has 0 amide bonds. The van der Waals surface area contributed by atoms with E-state index in [1.54, 1.807) is 39.0 Å². The largest absolute Gasteiger partial charge is 0.479 e. The molecule has 0 fully saturated rings. The van der Waals surface area contributed by atoms with Crippen LogP contribution >= 0.6 is 0 Å². The predicted molar refractivity (Wildman–Crippen MR) is 63.8 cm³/mol. The van der Waals surface area contributed by atoms with Crippen LogP contribution in [0, 0.1) is 0 Å². The van der Waals surface area contributed by atoms with E-state index in [9.17, 15) is 9.90 Å². The van der Waals surface area contributed by atoms with E-state index >= 15 is 0 Å². The number of rotatable bonds is 5. The van der Waals surface area contributed by atoms with Crippen LogP contribution in [0.1, 0.15) is 32.4 Å². The zero-order valence-corrected chi connectivity index (χ0v) is 10.3. The van der Waals surface area contributed by atoms with E-state index in [-0.39, 0.29) is 0 Å². The van der Waals surface area contributed by atoms with Crippen molar-refractivity contribution in [3.8, 4) is 5.75 Å². The lowest BCUT2D eigenvalue weighted by molar-refractivity contribution is -0.150. The summed E-state index contributed by atoms with van der Waals surface area (Å²) >= 11 is 0. The fourth-order valence-electron chi connectivity index (χ4n) is 1.43. The number of benzene rings is 1. The Bertz CT molecular complexity index is 373. The highest BCUT2D eigenvalue weighted by atomic mass is 16.6. The SMILES string of the molecule is CCOC(=O)C(C)Oc1ccccc1[C@H](C)O. The number of esters is 1. The Hall–Kier alpha value is -1.55. The molecule has 1 rings (SSSR count). The van der Waals surface area contributed by atoms with Gasteiger partial charge in [0.1, 0.15) is 5.75 Å². The highest BCUT2D eigenvalue weighted by Gasteiger charge is 2.18. The van der Waals surface area contributed by atoms with E-state index in [1.165, 1.54) is 0 Å². The lowest BCUT2D eigenvalue weighted by atomic mass is 10.1. The quantitative estimate of drug-likeness (QED) is 0.798. The molecular formula is C13H18O4. The van der Waals surface area contributed by atoms with Gasteiger partial charge in [-0.25, -0.2) is 4.79 Å². The molecule has 1 unspecified atom stereocenters. The minimum atomic E-state index is -0.685. The van der Waals surface area contributed by atoms with Gasteiger partial charge in [-0.05, 0) is 26.8 Å². The van der Waals surface area contributed by atoms with Crippen LogP contribution in [-0.2, 0) is 9.53 Å². The van der Waals surface area contributed by atoms with Crippen LogP contribution in [0.25, 0.3) is 0 Å². The number of aliphatic hydroxyl groups is 1. The Balaban J connectivity index is 2.77. The van der Waals surface area contributed by atoms with Gasteiger partial charge in [0, 0.05) is 5.56 Å². The molecule has 4 nitrogen and oxygen atoms in total. The molecule has 0 aromatic heterocycles. The van der Waals surface area contributed by atoms with Crippen molar-refractivity contribution < 1.29 is 19.4 Å². The third kappa shape index (κ3) is 3.75. The molecule has 94 valence electrons. The van der Waals surface area contributed by atoms with Gasteiger partial charge in [0.15, 0.2) is 6.10 Å². The monoisotopic (exact) mass is 238 g/mol. The standard InChI is InChI=1S/C13H18O4/c1-4-16-13(15)10(3)17-12-8-6-5-7-11(12)9(2)14/h5-10,14H,4H2,1-3H3/t9-,10?/m0/s1. The van der Waals surface area contributed by atoms with E-state index in [2.05, 4.69) is 0 Å². The molecule has 0 radical (unpaired) electrons. The van der Waals surface area contributed by atoms with Gasteiger partial charge in [-0.1, -0.05) is 18.2 Å². The summed E-state index contributed by atoms with van der Waals surface area (Å²) in [6.07, 6.45) is -1.32. The molecule has 0 aliphatic heterocycles. The lowest BCUT2D eigenvalue weighted by Crippen LogP contribution is -2.26. The van der Waals surface area contributed by atoms with Crippen LogP contribution < -0.4 is 4.74 Å². The zero-order chi connectivity index (χ0) is 12.8. The van der Waals surface area contributed by atoms with Crippen LogP contribution in [0.4, 0.5) is 0 Å². The summed E-state index contributed by atoms with van der Waals surface area (Å²) in [5.41, 5.74) is 0.656. The van der Waals surface area contributed by atoms with Crippen molar-refractivity contribution in [1.29, 1.82) is 0 Å². The molecule has 0 spiro atoms. The van der Waals surface area contributed by atoms with Crippen LogP contribution in [0.5, 0.6) is 5.75 Å². The Labute approximate surface area is 101 Å². The van der Waals surface area contributed by atoms with Gasteiger partial charge in [0.2, 0.25) is 0 Å². The summed E-state index contributed by atoms with van der Waals surface area (Å²) in [4.78, 5) is 11.4. The Morgan fingerprint density at radius 1 is 1.35 bits per heavy atom. The second-order valence-corrected chi connectivity index (χ2v) is 3.73. The fraction of sp³-hybridized carbons (Fsp3) is 0.462. The number of carbonyl (C=O) groups excluding carboxylic acids is 1. The van der Waals surface area contributed by atoms with Crippen LogP contribution in [0.15, 0.2) is 24.3 Å². The van der Waals surface area contributed by atoms with E-state index in [0.717, 1.165) is 0 Å². The van der Waals surface area contributed by atoms with Gasteiger partial charge in [-0.15, -0.1) is 0 Å². The highest BCUT2D eigenvalue weighted by molar-refractivity contribution is 5.74. The molecule has 0 bridgehead atoms. The van der Waals surface area contributed by atoms with Crippen molar-refractivity contribution in [2.75, 3.05) is 6.61 Å². The van der Waals surface area contributed by atoms with E-state index < -0.39 is 18.2 Å². The third-order valence-corrected chi connectivity index (χ3v) is 2.29. The first-order valence-corrected chi connectivity index (χ1v) is 5.66. The van der Waals surface area contributed by atoms with E-state index in [0.29, 0.717) is 17.9 Å². The number of ether oxygens (including phenoxy) is 2. The zero-order valence-electron chi connectivity index (χ0n) is 10.3. The summed E-state index contributed by atoms with van der Waals surface area (Å²) in [6, 6.07) is 7.08. The molecule has 4 heteroatoms. The molecule has 0 aliphatic rings. The molecule has 2 atom stereocenters. The second kappa shape index (κ2) is 6.25. The summed E-state index contributed by atoms with van der Waals surface area (Å²) in [5, 5.41) is 9.56. The average Bonchev–Trinajstić information content (AvgIpc) is 2.29. The van der Waals surface area contributed by atoms with Gasteiger partial charge in [0.05, 0.1) is 12.7 Å². The van der Waals surface area contributed by atoms with Crippen LogP contribution in [-0.4, -0.2) is 23.8 Å². The molecule has 17 heavy (non-hydrogen) atoms. The molecule has 0 saturated carbocycles. The molecular weight excluding hydrogens is 220 g/mol. The third-order valence-electron chi connectivity index (χ3n) is 2.29. The molecule has 1 N–H and O–H groups in total. The first kappa shape index (κ1) is 13.5. The van der Waals surface area contributed by atoms with Crippen LogP contribution in [0.2, 0.25) is 0 Å². The number of aliphatic hydroxyl groups excluding tert-OH is 1. The van der Waals surface area contributed by atoms with Gasteiger partial charge >= 0.3 is 5.97 Å². The predicted octanol–water partition coefficient (Wildman–Crippen LogP) is 2.07. The van der Waals surface area contributed by atoms with Gasteiger partial charge in [-0.2, -0.15) is 0 Å². The van der Waals surface area contributed by atoms with Crippen molar-refractivity contribution >= 4 is 5.97 Å². The summed E-state index contributed by atoms with van der Waals surface area (Å²) in [5.74, 6) is 0.0935. The van der Waals surface area contributed by atoms with Crippen molar-refractivity contribution in [3.63, 3.8) is 0 Å². The van der Waals surface area contributed by atoms with Crippen molar-refractivity contribution in [3.05, 3.63) is 29.8 Å². The summed E-state index contributed by atoms with van der Waals surface area (Å²) in [7, 11) is 0. The topological polar surface area (TPSA) is 55.8 Å². The molecule has 1 aromatic carbocycles. The first-order chi connectivity index (χ1) is 8.06. The molecule has 1 aromatic rings. The number of para-hydroxylation sites is 1. The van der Waals surface area contributed by atoms with E-state index in [1.807, 2.05) is 6.07 Å². The van der Waals surface area contributed by atoms with Gasteiger partial charge in [0.25, 0.3) is 0 Å². The first-order valence-electron chi connectivity index (χ1n) is 5.66. The highest BCUT2D eigenvalue weighted by Crippen LogP contribution is 2.25. The normalized spacial score (nSPS) is 13.9. The van der Waals surface area contributed by atoms with Gasteiger partial charge < -0.3 is 14.6 Å². The Kier molecular flexibility index (Phi) is 4.97. The Morgan fingerprint density at radius 3 is 2.59 bits per heavy atom. The minimum Gasteiger partial charge on any atom is -0.479 e. The number of hydrogen-bond acceptors (Lipinski definition) is 4.